The van der Waals surface area contributed by atoms with Gasteiger partial charge in [-0.25, -0.2) is 0 Å². The first-order chi connectivity index (χ1) is 10.7. The number of hydrogen-bond donors (Lipinski definition) is 0. The average molecular weight is 263 g/mol. The van der Waals surface area contributed by atoms with E-state index in [0.29, 0.717) is 0 Å². The zero-order valence-corrected chi connectivity index (χ0v) is 11.6. The second-order valence-electron chi connectivity index (χ2n) is 5.04. The van der Waals surface area contributed by atoms with Crippen LogP contribution in [0.15, 0.2) is 67.0 Å². The van der Waals surface area contributed by atoms with E-state index in [0.717, 1.165) is 22.4 Å². The van der Waals surface area contributed by atoms with Gasteiger partial charge >= 0.3 is 0 Å². The number of benzene rings is 2. The minimum atomic E-state index is -0.451. The van der Waals surface area contributed by atoms with Crippen LogP contribution in [0.3, 0.4) is 0 Å². The molecule has 1 atom stereocenters. The monoisotopic (exact) mass is 263 g/mol. The van der Waals surface area contributed by atoms with Crippen LogP contribution in [-0.4, -0.2) is 4.57 Å². The maximum Gasteiger partial charge on any atom is 0.0449 e. The van der Waals surface area contributed by atoms with E-state index < -0.39 is 6.40 Å². The van der Waals surface area contributed by atoms with Crippen molar-refractivity contribution in [2.75, 3.05) is 0 Å². The van der Waals surface area contributed by atoms with Crippen molar-refractivity contribution in [3.8, 4) is 5.69 Å². The van der Waals surface area contributed by atoms with Crippen LogP contribution in [0.5, 0.6) is 0 Å². The molecule has 100 valence electrons. The molecule has 0 saturated heterocycles. The third kappa shape index (κ3) is 2.67. The molecule has 0 aliphatic carbocycles. The molecular formula is C19H19N. The second-order valence-corrected chi connectivity index (χ2v) is 5.04. The highest BCUT2D eigenvalue weighted by molar-refractivity contribution is 5.39. The van der Waals surface area contributed by atoms with Crippen molar-refractivity contribution in [1.82, 2.24) is 4.57 Å². The maximum atomic E-state index is 8.51. The lowest BCUT2D eigenvalue weighted by Crippen LogP contribution is -1.90. The van der Waals surface area contributed by atoms with Crippen molar-refractivity contribution in [2.45, 2.75) is 20.2 Å². The molecule has 0 fully saturated rings. The van der Waals surface area contributed by atoms with Gasteiger partial charge in [0.05, 0.1) is 0 Å². The molecule has 0 bridgehead atoms. The van der Waals surface area contributed by atoms with E-state index in [1.54, 1.807) is 0 Å². The Kier molecular flexibility index (Phi) is 2.82. The number of nitrogens with zero attached hydrogens (tertiary/aromatic N) is 1. The summed E-state index contributed by atoms with van der Waals surface area (Å²) >= 11 is 0. The van der Waals surface area contributed by atoms with Gasteiger partial charge in [-0.3, -0.25) is 0 Å². The first kappa shape index (κ1) is 10.5. The van der Waals surface area contributed by atoms with Crippen molar-refractivity contribution >= 4 is 0 Å². The van der Waals surface area contributed by atoms with Crippen molar-refractivity contribution in [2.24, 2.45) is 0 Å². The van der Waals surface area contributed by atoms with E-state index in [4.69, 9.17) is 2.74 Å². The van der Waals surface area contributed by atoms with Gasteiger partial charge < -0.3 is 4.57 Å². The second kappa shape index (κ2) is 5.38. The van der Waals surface area contributed by atoms with E-state index >= 15 is 0 Å². The highest BCUT2D eigenvalue weighted by atomic mass is 14.9. The average Bonchev–Trinajstić information content (AvgIpc) is 3.00. The number of rotatable bonds is 3. The normalized spacial score (nSPS) is 13.7. The summed E-state index contributed by atoms with van der Waals surface area (Å²) in [5.74, 6) is 0. The molecule has 2 aromatic carbocycles. The van der Waals surface area contributed by atoms with Gasteiger partial charge in [-0.2, -0.15) is 0 Å². The van der Waals surface area contributed by atoms with Crippen molar-refractivity contribution in [1.29, 1.82) is 0 Å². The van der Waals surface area contributed by atoms with E-state index in [9.17, 15) is 0 Å². The SMILES string of the molecule is [2H]Cc1cn(-c2ccc(C)cc2)cc1C([2H])c1ccccc1. The van der Waals surface area contributed by atoms with Gasteiger partial charge in [0.1, 0.15) is 0 Å². The Bertz CT molecular complexity index is 745. The fourth-order valence-electron chi connectivity index (χ4n) is 2.24. The molecule has 3 aromatic rings. The molecule has 0 radical (unpaired) electrons. The van der Waals surface area contributed by atoms with E-state index in [1.807, 2.05) is 47.3 Å². The first-order valence-electron chi connectivity index (χ1n) is 8.01. The molecule has 1 heterocycles. The van der Waals surface area contributed by atoms with Crippen LogP contribution in [0.4, 0.5) is 0 Å². The van der Waals surface area contributed by atoms with Gasteiger partial charge in [0, 0.05) is 20.8 Å². The Labute approximate surface area is 123 Å². The molecule has 0 aliphatic rings. The minimum Gasteiger partial charge on any atom is -0.323 e. The Morgan fingerprint density at radius 2 is 1.75 bits per heavy atom. The summed E-state index contributed by atoms with van der Waals surface area (Å²) in [6, 6.07) is 18.1. The van der Waals surface area contributed by atoms with Crippen LogP contribution in [0, 0.1) is 13.8 Å². The third-order valence-corrected chi connectivity index (χ3v) is 3.40. The van der Waals surface area contributed by atoms with Gasteiger partial charge in [0.25, 0.3) is 0 Å². The molecular weight excluding hydrogens is 242 g/mol. The van der Waals surface area contributed by atoms with Gasteiger partial charge in [-0.05, 0) is 49.0 Å². The van der Waals surface area contributed by atoms with Crippen LogP contribution in [0.1, 0.15) is 25.0 Å². The highest BCUT2D eigenvalue weighted by Crippen LogP contribution is 2.18. The molecule has 0 saturated carbocycles. The lowest BCUT2D eigenvalue weighted by Gasteiger charge is -2.03. The number of aromatic nitrogens is 1. The molecule has 0 amide bonds. The van der Waals surface area contributed by atoms with Crippen LogP contribution in [0.2, 0.25) is 0 Å². The molecule has 1 unspecified atom stereocenters. The summed E-state index contributed by atoms with van der Waals surface area (Å²) < 4.78 is 18.3. The molecule has 0 N–H and O–H groups in total. The van der Waals surface area contributed by atoms with Gasteiger partial charge in [-0.1, -0.05) is 48.0 Å². The summed E-state index contributed by atoms with van der Waals surface area (Å²) in [5.41, 5.74) is 5.05. The van der Waals surface area contributed by atoms with Gasteiger partial charge in [-0.15, -0.1) is 0 Å². The molecule has 1 aromatic heterocycles. The smallest absolute Gasteiger partial charge is 0.0449 e. The highest BCUT2D eigenvalue weighted by Gasteiger charge is 2.05. The van der Waals surface area contributed by atoms with E-state index in [2.05, 4.69) is 31.2 Å². The summed E-state index contributed by atoms with van der Waals surface area (Å²) in [6.45, 7) is 2.26. The number of hydrogen-bond acceptors (Lipinski definition) is 0. The minimum absolute atomic E-state index is 0.191. The lowest BCUT2D eigenvalue weighted by atomic mass is 10.1. The standard InChI is InChI=1S/C19H19N/c1-15-8-10-19(11-9-15)20-13-16(2)18(14-20)12-17-6-4-3-5-7-17/h3-11,13-14H,12H2,1-2H3/i2D,12D. The van der Waals surface area contributed by atoms with Gasteiger partial charge in [0.15, 0.2) is 0 Å². The summed E-state index contributed by atoms with van der Waals surface area (Å²) in [6.07, 6.45) is 3.50. The van der Waals surface area contributed by atoms with Crippen LogP contribution >= 0.6 is 0 Å². The zero-order chi connectivity index (χ0) is 15.5. The fraction of sp³-hybridized carbons (Fsp3) is 0.158. The van der Waals surface area contributed by atoms with Crippen molar-refractivity contribution in [3.05, 3.63) is 89.2 Å². The largest absolute Gasteiger partial charge is 0.323 e. The Morgan fingerprint density at radius 1 is 1.00 bits per heavy atom. The van der Waals surface area contributed by atoms with Crippen LogP contribution < -0.4 is 0 Å². The molecule has 3 rings (SSSR count). The molecule has 0 aliphatic heterocycles. The Morgan fingerprint density at radius 3 is 2.45 bits per heavy atom. The van der Waals surface area contributed by atoms with E-state index in [-0.39, 0.29) is 6.90 Å². The summed E-state index contributed by atoms with van der Waals surface area (Å²) in [7, 11) is 0. The number of aryl methyl sites for hydroxylation is 2. The van der Waals surface area contributed by atoms with Crippen LogP contribution in [-0.2, 0) is 6.40 Å². The quantitative estimate of drug-likeness (QED) is 0.646. The van der Waals surface area contributed by atoms with Crippen molar-refractivity contribution < 1.29 is 2.74 Å². The van der Waals surface area contributed by atoms with Gasteiger partial charge in [0.2, 0.25) is 0 Å². The predicted molar refractivity (Wildman–Crippen MR) is 84.5 cm³/mol. The molecule has 20 heavy (non-hydrogen) atoms. The Balaban J connectivity index is 2.00. The molecule has 1 heteroatoms. The third-order valence-electron chi connectivity index (χ3n) is 3.40. The molecule has 0 spiro atoms. The van der Waals surface area contributed by atoms with Crippen molar-refractivity contribution in [3.63, 3.8) is 0 Å². The topological polar surface area (TPSA) is 4.93 Å². The van der Waals surface area contributed by atoms with Crippen LogP contribution in [0.25, 0.3) is 5.69 Å². The van der Waals surface area contributed by atoms with E-state index in [1.165, 1.54) is 5.56 Å². The summed E-state index contributed by atoms with van der Waals surface area (Å²) in [4.78, 5) is 0. The Hall–Kier alpha value is -2.28. The fourth-order valence-corrected chi connectivity index (χ4v) is 2.24. The first-order valence-corrected chi connectivity index (χ1v) is 6.73. The predicted octanol–water partition coefficient (Wildman–Crippen LogP) is 4.68. The zero-order valence-electron chi connectivity index (χ0n) is 13.6. The maximum absolute atomic E-state index is 8.51. The molecule has 1 nitrogen and oxygen atoms in total. The summed E-state index contributed by atoms with van der Waals surface area (Å²) in [5, 5.41) is 0. The lowest BCUT2D eigenvalue weighted by molar-refractivity contribution is 1.06.